The molecule has 0 radical (unpaired) electrons. The van der Waals surface area contributed by atoms with E-state index >= 15 is 0 Å². The number of hydrogen-bond acceptors (Lipinski definition) is 2. The highest BCUT2D eigenvalue weighted by atomic mass is 35.5. The van der Waals surface area contributed by atoms with Gasteiger partial charge in [0, 0.05) is 34.8 Å². The van der Waals surface area contributed by atoms with Crippen molar-refractivity contribution in [3.8, 4) is 0 Å². The van der Waals surface area contributed by atoms with Crippen molar-refractivity contribution in [3.63, 3.8) is 0 Å². The number of aliphatic hydroxyl groups excluding tert-OH is 1. The van der Waals surface area contributed by atoms with E-state index in [4.69, 9.17) is 28.3 Å². The molecule has 0 unspecified atom stereocenters. The minimum atomic E-state index is -0.181. The number of benzene rings is 1. The van der Waals surface area contributed by atoms with Gasteiger partial charge in [-0.05, 0) is 37.5 Å². The summed E-state index contributed by atoms with van der Waals surface area (Å²) >= 11 is 12.0. The highest BCUT2D eigenvalue weighted by Gasteiger charge is 2.02. The largest absolute Gasteiger partial charge is 0.396 e. The Morgan fingerprint density at radius 3 is 2.53 bits per heavy atom. The second-order valence-corrected chi connectivity index (χ2v) is 4.86. The summed E-state index contributed by atoms with van der Waals surface area (Å²) < 4.78 is 0. The Kier molecular flexibility index (Phi) is 7.56. The van der Waals surface area contributed by atoms with Gasteiger partial charge in [-0.2, -0.15) is 0 Å². The van der Waals surface area contributed by atoms with Crippen molar-refractivity contribution in [3.05, 3.63) is 39.9 Å². The number of unbranched alkanes of at least 4 members (excludes halogenated alkanes) is 2. The molecular formula is C14H17Cl2NO2. The van der Waals surface area contributed by atoms with Gasteiger partial charge in [-0.25, -0.2) is 0 Å². The van der Waals surface area contributed by atoms with Gasteiger partial charge in [-0.3, -0.25) is 4.79 Å². The molecule has 2 N–H and O–H groups in total. The Bertz CT molecular complexity index is 427. The molecule has 0 aliphatic rings. The van der Waals surface area contributed by atoms with Crippen LogP contribution in [0.1, 0.15) is 24.8 Å². The number of nitrogens with one attached hydrogen (secondary N) is 1. The monoisotopic (exact) mass is 301 g/mol. The van der Waals surface area contributed by atoms with Gasteiger partial charge in [0.15, 0.2) is 0 Å². The van der Waals surface area contributed by atoms with E-state index in [9.17, 15) is 4.79 Å². The van der Waals surface area contributed by atoms with Crippen LogP contribution in [0.25, 0.3) is 6.08 Å². The Hall–Kier alpha value is -1.03. The second-order valence-electron chi connectivity index (χ2n) is 4.04. The minimum Gasteiger partial charge on any atom is -0.396 e. The molecule has 1 rings (SSSR count). The number of aliphatic hydroxyl groups is 1. The van der Waals surface area contributed by atoms with E-state index in [0.29, 0.717) is 22.2 Å². The fourth-order valence-corrected chi connectivity index (χ4v) is 2.04. The van der Waals surface area contributed by atoms with E-state index in [1.165, 1.54) is 6.08 Å². The van der Waals surface area contributed by atoms with E-state index in [1.54, 1.807) is 24.3 Å². The predicted molar refractivity (Wildman–Crippen MR) is 79.4 cm³/mol. The first-order valence-electron chi connectivity index (χ1n) is 6.16. The molecule has 0 bridgehead atoms. The molecule has 3 nitrogen and oxygen atoms in total. The first-order chi connectivity index (χ1) is 9.15. The lowest BCUT2D eigenvalue weighted by Crippen LogP contribution is -2.22. The van der Waals surface area contributed by atoms with Crippen LogP contribution in [0, 0.1) is 0 Å². The molecule has 0 aliphatic heterocycles. The highest BCUT2D eigenvalue weighted by molar-refractivity contribution is 6.37. The molecular weight excluding hydrogens is 285 g/mol. The summed E-state index contributed by atoms with van der Waals surface area (Å²) in [6.45, 7) is 0.790. The van der Waals surface area contributed by atoms with Crippen LogP contribution in [0.5, 0.6) is 0 Å². The minimum absolute atomic E-state index is 0.181. The molecule has 1 aromatic carbocycles. The molecule has 0 fully saturated rings. The standard InChI is InChI=1S/C14H17Cl2NO2/c15-12-5-4-6-13(16)11(12)7-8-14(19)17-9-2-1-3-10-18/h4-8,18H,1-3,9-10H2,(H,17,19)/b8-7+. The third kappa shape index (κ3) is 6.10. The van der Waals surface area contributed by atoms with Gasteiger partial charge in [-0.15, -0.1) is 0 Å². The second kappa shape index (κ2) is 8.97. The Labute approximate surface area is 123 Å². The lowest BCUT2D eigenvalue weighted by atomic mass is 10.2. The Morgan fingerprint density at radius 1 is 1.21 bits per heavy atom. The van der Waals surface area contributed by atoms with E-state index in [1.807, 2.05) is 0 Å². The maximum absolute atomic E-state index is 11.5. The average molecular weight is 302 g/mol. The highest BCUT2D eigenvalue weighted by Crippen LogP contribution is 2.25. The van der Waals surface area contributed by atoms with Crippen LogP contribution in [-0.2, 0) is 4.79 Å². The third-order valence-electron chi connectivity index (χ3n) is 2.54. The van der Waals surface area contributed by atoms with Crippen LogP contribution in [0.4, 0.5) is 0 Å². The molecule has 1 aromatic rings. The summed E-state index contributed by atoms with van der Waals surface area (Å²) in [5.74, 6) is -0.181. The van der Waals surface area contributed by atoms with Crippen LogP contribution in [0.15, 0.2) is 24.3 Å². The predicted octanol–water partition coefficient (Wildman–Crippen LogP) is 3.29. The average Bonchev–Trinajstić information content (AvgIpc) is 2.38. The summed E-state index contributed by atoms with van der Waals surface area (Å²) in [5, 5.41) is 12.4. The van der Waals surface area contributed by atoms with Crippen molar-refractivity contribution in [2.45, 2.75) is 19.3 Å². The number of carbonyl (C=O) groups excluding carboxylic acids is 1. The fraction of sp³-hybridized carbons (Fsp3) is 0.357. The first-order valence-corrected chi connectivity index (χ1v) is 6.91. The molecule has 19 heavy (non-hydrogen) atoms. The van der Waals surface area contributed by atoms with E-state index in [2.05, 4.69) is 5.32 Å². The summed E-state index contributed by atoms with van der Waals surface area (Å²) in [5.41, 5.74) is 0.640. The van der Waals surface area contributed by atoms with Crippen LogP contribution >= 0.6 is 23.2 Å². The maximum atomic E-state index is 11.5. The smallest absolute Gasteiger partial charge is 0.244 e. The van der Waals surface area contributed by atoms with Crippen LogP contribution < -0.4 is 5.32 Å². The van der Waals surface area contributed by atoms with Crippen molar-refractivity contribution >= 4 is 35.2 Å². The van der Waals surface area contributed by atoms with Crippen LogP contribution in [0.3, 0.4) is 0 Å². The van der Waals surface area contributed by atoms with Crippen LogP contribution in [-0.4, -0.2) is 24.2 Å². The summed E-state index contributed by atoms with van der Waals surface area (Å²) in [6.07, 6.45) is 5.54. The van der Waals surface area contributed by atoms with Crippen LogP contribution in [0.2, 0.25) is 10.0 Å². The Morgan fingerprint density at radius 2 is 1.89 bits per heavy atom. The zero-order valence-corrected chi connectivity index (χ0v) is 12.0. The van der Waals surface area contributed by atoms with Gasteiger partial charge in [0.05, 0.1) is 0 Å². The molecule has 0 heterocycles. The molecule has 0 spiro atoms. The van der Waals surface area contributed by atoms with Gasteiger partial charge in [0.25, 0.3) is 0 Å². The maximum Gasteiger partial charge on any atom is 0.244 e. The third-order valence-corrected chi connectivity index (χ3v) is 3.19. The number of halogens is 2. The SMILES string of the molecule is O=C(/C=C/c1c(Cl)cccc1Cl)NCCCCCO. The number of rotatable bonds is 7. The molecule has 0 saturated heterocycles. The first kappa shape index (κ1) is 16.0. The molecule has 0 aromatic heterocycles. The Balaban J connectivity index is 2.41. The molecule has 5 heteroatoms. The van der Waals surface area contributed by atoms with Crippen molar-refractivity contribution in [2.75, 3.05) is 13.2 Å². The normalized spacial score (nSPS) is 10.9. The quantitative estimate of drug-likeness (QED) is 0.600. The molecule has 0 atom stereocenters. The zero-order chi connectivity index (χ0) is 14.1. The topological polar surface area (TPSA) is 49.3 Å². The van der Waals surface area contributed by atoms with Gasteiger partial charge in [0.1, 0.15) is 0 Å². The zero-order valence-electron chi connectivity index (χ0n) is 10.5. The molecule has 104 valence electrons. The lowest BCUT2D eigenvalue weighted by molar-refractivity contribution is -0.116. The van der Waals surface area contributed by atoms with Crippen molar-refractivity contribution in [1.29, 1.82) is 0 Å². The number of hydrogen-bond donors (Lipinski definition) is 2. The molecule has 0 aliphatic carbocycles. The lowest BCUT2D eigenvalue weighted by Gasteiger charge is -2.02. The van der Waals surface area contributed by atoms with Gasteiger partial charge in [0.2, 0.25) is 5.91 Å². The van der Waals surface area contributed by atoms with E-state index in [0.717, 1.165) is 19.3 Å². The van der Waals surface area contributed by atoms with Gasteiger partial charge in [-0.1, -0.05) is 29.3 Å². The molecule has 0 saturated carbocycles. The van der Waals surface area contributed by atoms with Crippen molar-refractivity contribution in [2.24, 2.45) is 0 Å². The summed E-state index contributed by atoms with van der Waals surface area (Å²) in [7, 11) is 0. The fourth-order valence-electron chi connectivity index (χ4n) is 1.51. The van der Waals surface area contributed by atoms with E-state index in [-0.39, 0.29) is 12.5 Å². The summed E-state index contributed by atoms with van der Waals surface area (Å²) in [6, 6.07) is 5.20. The van der Waals surface area contributed by atoms with E-state index < -0.39 is 0 Å². The summed E-state index contributed by atoms with van der Waals surface area (Å²) in [4.78, 5) is 11.5. The molecule has 1 amide bonds. The number of amides is 1. The number of carbonyl (C=O) groups is 1. The van der Waals surface area contributed by atoms with Gasteiger partial charge < -0.3 is 10.4 Å². The van der Waals surface area contributed by atoms with Crippen molar-refractivity contribution < 1.29 is 9.90 Å². The van der Waals surface area contributed by atoms with Crippen molar-refractivity contribution in [1.82, 2.24) is 5.32 Å². The van der Waals surface area contributed by atoms with Gasteiger partial charge >= 0.3 is 0 Å².